The van der Waals surface area contributed by atoms with Gasteiger partial charge in [-0.15, -0.1) is 12.4 Å². The van der Waals surface area contributed by atoms with Gasteiger partial charge in [-0.3, -0.25) is 5.41 Å². The Morgan fingerprint density at radius 2 is 2.00 bits per heavy atom. The summed E-state index contributed by atoms with van der Waals surface area (Å²) < 4.78 is 2.31. The number of hydrogen-bond acceptors (Lipinski definition) is 1. The van der Waals surface area contributed by atoms with Gasteiger partial charge in [-0.05, 0) is 17.5 Å². The van der Waals surface area contributed by atoms with E-state index in [1.165, 1.54) is 16.6 Å². The lowest BCUT2D eigenvalue weighted by molar-refractivity contribution is 0.335. The Morgan fingerprint density at radius 3 is 2.76 bits per heavy atom. The minimum atomic E-state index is 0. The van der Waals surface area contributed by atoms with Crippen LogP contribution in [0, 0.1) is 5.41 Å². The number of guanidine groups is 1. The zero-order chi connectivity index (χ0) is 11.1. The second kappa shape index (κ2) is 4.30. The fourth-order valence-corrected chi connectivity index (χ4v) is 2.36. The number of hydrogen-bond donors (Lipinski definition) is 2. The predicted octanol–water partition coefficient (Wildman–Crippen LogP) is 1.77. The molecule has 4 nitrogen and oxygen atoms in total. The zero-order valence-corrected chi connectivity index (χ0v) is 10.2. The van der Waals surface area contributed by atoms with E-state index in [-0.39, 0.29) is 18.4 Å². The van der Waals surface area contributed by atoms with E-state index in [4.69, 9.17) is 11.1 Å². The lowest BCUT2D eigenvalue weighted by Crippen LogP contribution is -2.41. The normalized spacial score (nSPS) is 14.2. The average molecular weight is 251 g/mol. The standard InChI is InChI=1S/C12H14N4.ClH/c13-12(14)15-5-6-16-10(8-15)7-9-3-1-2-4-11(9)16;/h1-4,7H,5-6,8H2,(H3,13,14);1H. The van der Waals surface area contributed by atoms with E-state index >= 15 is 0 Å². The Hall–Kier alpha value is -1.68. The van der Waals surface area contributed by atoms with E-state index in [0.717, 1.165) is 19.6 Å². The summed E-state index contributed by atoms with van der Waals surface area (Å²) in [5.41, 5.74) is 8.04. The third-order valence-corrected chi connectivity index (χ3v) is 3.18. The highest BCUT2D eigenvalue weighted by molar-refractivity contribution is 5.85. The highest BCUT2D eigenvalue weighted by Gasteiger charge is 2.18. The fourth-order valence-electron chi connectivity index (χ4n) is 2.36. The maximum Gasteiger partial charge on any atom is 0.188 e. The van der Waals surface area contributed by atoms with Crippen molar-refractivity contribution in [3.05, 3.63) is 36.0 Å². The summed E-state index contributed by atoms with van der Waals surface area (Å²) in [5.74, 6) is 0.163. The number of halogens is 1. The highest BCUT2D eigenvalue weighted by Crippen LogP contribution is 2.23. The molecule has 1 aliphatic heterocycles. The first kappa shape index (κ1) is 11.8. The summed E-state index contributed by atoms with van der Waals surface area (Å²) in [7, 11) is 0. The molecular formula is C12H15ClN4. The van der Waals surface area contributed by atoms with Gasteiger partial charge in [0.25, 0.3) is 0 Å². The van der Waals surface area contributed by atoms with Gasteiger partial charge in [-0.1, -0.05) is 18.2 Å². The van der Waals surface area contributed by atoms with Crippen molar-refractivity contribution in [2.24, 2.45) is 5.73 Å². The number of nitrogens with zero attached hydrogens (tertiary/aromatic N) is 2. The molecule has 0 saturated carbocycles. The van der Waals surface area contributed by atoms with Crippen LogP contribution >= 0.6 is 12.4 Å². The Kier molecular flexibility index (Phi) is 2.98. The molecule has 1 aromatic heterocycles. The van der Waals surface area contributed by atoms with Gasteiger partial charge < -0.3 is 15.2 Å². The van der Waals surface area contributed by atoms with Crippen molar-refractivity contribution in [2.45, 2.75) is 13.1 Å². The Balaban J connectivity index is 0.00000108. The van der Waals surface area contributed by atoms with Crippen LogP contribution in [0.1, 0.15) is 5.69 Å². The van der Waals surface area contributed by atoms with Crippen molar-refractivity contribution < 1.29 is 0 Å². The average Bonchev–Trinajstić information content (AvgIpc) is 2.66. The molecule has 90 valence electrons. The van der Waals surface area contributed by atoms with Gasteiger partial charge in [0.15, 0.2) is 5.96 Å². The van der Waals surface area contributed by atoms with Gasteiger partial charge in [0.2, 0.25) is 0 Å². The summed E-state index contributed by atoms with van der Waals surface area (Å²) in [4.78, 5) is 1.90. The van der Waals surface area contributed by atoms with E-state index in [1.54, 1.807) is 0 Å². The van der Waals surface area contributed by atoms with Gasteiger partial charge in [0.05, 0.1) is 6.54 Å². The zero-order valence-electron chi connectivity index (χ0n) is 9.39. The van der Waals surface area contributed by atoms with Gasteiger partial charge in [-0.2, -0.15) is 0 Å². The molecule has 0 saturated heterocycles. The van der Waals surface area contributed by atoms with Gasteiger partial charge >= 0.3 is 0 Å². The summed E-state index contributed by atoms with van der Waals surface area (Å²) >= 11 is 0. The Morgan fingerprint density at radius 1 is 1.24 bits per heavy atom. The molecule has 2 heterocycles. The van der Waals surface area contributed by atoms with Crippen molar-refractivity contribution in [3.63, 3.8) is 0 Å². The van der Waals surface area contributed by atoms with Crippen molar-refractivity contribution in [1.82, 2.24) is 9.47 Å². The minimum absolute atomic E-state index is 0. The molecule has 0 spiro atoms. The molecule has 1 aliphatic rings. The molecule has 2 aromatic rings. The molecule has 0 unspecified atom stereocenters. The molecule has 3 rings (SSSR count). The number of para-hydroxylation sites is 1. The van der Waals surface area contributed by atoms with Crippen LogP contribution in [0.5, 0.6) is 0 Å². The van der Waals surface area contributed by atoms with Gasteiger partial charge in [0.1, 0.15) is 0 Å². The topological polar surface area (TPSA) is 58.0 Å². The van der Waals surface area contributed by atoms with Crippen molar-refractivity contribution in [1.29, 1.82) is 5.41 Å². The molecular weight excluding hydrogens is 236 g/mol. The summed E-state index contributed by atoms with van der Waals surface area (Å²) in [5, 5.41) is 8.73. The fraction of sp³-hybridized carbons (Fsp3) is 0.250. The third kappa shape index (κ3) is 1.85. The summed E-state index contributed by atoms with van der Waals surface area (Å²) in [6, 6.07) is 10.6. The van der Waals surface area contributed by atoms with Gasteiger partial charge in [0, 0.05) is 24.3 Å². The number of nitrogens with one attached hydrogen (secondary N) is 1. The number of rotatable bonds is 0. The number of nitrogens with two attached hydrogens (primary N) is 1. The van der Waals surface area contributed by atoms with E-state index in [1.807, 2.05) is 4.90 Å². The van der Waals surface area contributed by atoms with E-state index in [0.29, 0.717) is 0 Å². The third-order valence-electron chi connectivity index (χ3n) is 3.18. The molecule has 0 radical (unpaired) electrons. The number of fused-ring (bicyclic) bond motifs is 3. The van der Waals surface area contributed by atoms with Crippen LogP contribution in [0.15, 0.2) is 30.3 Å². The second-order valence-electron chi connectivity index (χ2n) is 4.15. The van der Waals surface area contributed by atoms with E-state index in [9.17, 15) is 0 Å². The first-order valence-electron chi connectivity index (χ1n) is 5.42. The lowest BCUT2D eigenvalue weighted by Gasteiger charge is -2.29. The van der Waals surface area contributed by atoms with Crippen LogP contribution in [0.25, 0.3) is 10.9 Å². The van der Waals surface area contributed by atoms with Crippen LogP contribution in [-0.2, 0) is 13.1 Å². The first-order valence-corrected chi connectivity index (χ1v) is 5.42. The molecule has 1 aromatic carbocycles. The maximum absolute atomic E-state index is 7.46. The van der Waals surface area contributed by atoms with Crippen LogP contribution in [0.4, 0.5) is 0 Å². The SMILES string of the molecule is Cl.N=C(N)N1CCn2c(cc3ccccc32)C1. The molecule has 0 aliphatic carbocycles. The van der Waals surface area contributed by atoms with Crippen LogP contribution < -0.4 is 5.73 Å². The molecule has 17 heavy (non-hydrogen) atoms. The van der Waals surface area contributed by atoms with Crippen molar-refractivity contribution in [2.75, 3.05) is 6.54 Å². The monoisotopic (exact) mass is 250 g/mol. The van der Waals surface area contributed by atoms with Crippen LogP contribution in [0.3, 0.4) is 0 Å². The van der Waals surface area contributed by atoms with Gasteiger partial charge in [-0.25, -0.2) is 0 Å². The molecule has 5 heteroatoms. The van der Waals surface area contributed by atoms with Crippen molar-refractivity contribution >= 4 is 29.3 Å². The largest absolute Gasteiger partial charge is 0.370 e. The number of benzene rings is 1. The molecule has 0 fully saturated rings. The molecule has 0 atom stereocenters. The van der Waals surface area contributed by atoms with Crippen LogP contribution in [-0.4, -0.2) is 22.0 Å². The quantitative estimate of drug-likeness (QED) is 0.553. The lowest BCUT2D eigenvalue weighted by atomic mass is 10.2. The Labute approximate surface area is 106 Å². The molecule has 0 bridgehead atoms. The Bertz CT molecular complexity index is 561. The molecule has 0 amide bonds. The van der Waals surface area contributed by atoms with E-state index in [2.05, 4.69) is 34.9 Å². The second-order valence-corrected chi connectivity index (χ2v) is 4.15. The predicted molar refractivity (Wildman–Crippen MR) is 71.5 cm³/mol. The summed E-state index contributed by atoms with van der Waals surface area (Å²) in [6.07, 6.45) is 0. The smallest absolute Gasteiger partial charge is 0.188 e. The van der Waals surface area contributed by atoms with Crippen molar-refractivity contribution in [3.8, 4) is 0 Å². The van der Waals surface area contributed by atoms with E-state index < -0.39 is 0 Å². The first-order chi connectivity index (χ1) is 7.75. The highest BCUT2D eigenvalue weighted by atomic mass is 35.5. The van der Waals surface area contributed by atoms with Crippen LogP contribution in [0.2, 0.25) is 0 Å². The molecule has 3 N–H and O–H groups in total. The maximum atomic E-state index is 7.46. The number of aromatic nitrogens is 1. The summed E-state index contributed by atoms with van der Waals surface area (Å²) in [6.45, 7) is 2.47. The minimum Gasteiger partial charge on any atom is -0.370 e.